The van der Waals surface area contributed by atoms with E-state index in [1.165, 1.54) is 0 Å². The maximum absolute atomic E-state index is 13.2. The molecule has 1 aliphatic carbocycles. The first-order valence-electron chi connectivity index (χ1n) is 6.23. The maximum atomic E-state index is 13.2. The van der Waals surface area contributed by atoms with E-state index in [1.54, 1.807) is 0 Å². The van der Waals surface area contributed by atoms with Crippen molar-refractivity contribution in [2.24, 2.45) is 27.7 Å². The first kappa shape index (κ1) is 13.2. The molecule has 110 valence electrons. The number of nitrogens with two attached hydrogens (primary N) is 1. The molecule has 0 bridgehead atoms. The molecule has 3 atom stereocenters. The minimum absolute atomic E-state index is 0.102. The number of rotatable bonds is 2. The summed E-state index contributed by atoms with van der Waals surface area (Å²) in [6.07, 6.45) is 0.780. The highest BCUT2D eigenvalue weighted by Crippen LogP contribution is 2.41. The predicted octanol–water partition coefficient (Wildman–Crippen LogP) is -2.38. The molecule has 0 radical (unpaired) electrons. The van der Waals surface area contributed by atoms with Crippen LogP contribution in [-0.4, -0.2) is 39.5 Å². The third-order valence-corrected chi connectivity index (χ3v) is 3.97. The molecule has 1 amide bonds. The molecule has 0 aromatic rings. The number of hydrogen-bond donors (Lipinski definition) is 6. The van der Waals surface area contributed by atoms with Gasteiger partial charge in [-0.1, -0.05) is 0 Å². The number of carbonyl (C=O) groups excluding carboxylic acids is 1. The quantitative estimate of drug-likeness (QED) is 0.313. The van der Waals surface area contributed by atoms with Gasteiger partial charge < -0.3 is 15.5 Å². The largest absolute Gasteiger partial charge is 0.340 e. The van der Waals surface area contributed by atoms with Gasteiger partial charge in [0.25, 0.3) is 5.91 Å². The smallest absolute Gasteiger partial charge is 0.318 e. The number of nitrogens with one attached hydrogen (secondary N) is 3. The van der Waals surface area contributed by atoms with Crippen molar-refractivity contribution in [3.63, 3.8) is 0 Å². The van der Waals surface area contributed by atoms with Gasteiger partial charge in [0.2, 0.25) is 0 Å². The predicted molar refractivity (Wildman–Crippen MR) is 65.3 cm³/mol. The molecule has 2 heterocycles. The summed E-state index contributed by atoms with van der Waals surface area (Å²) in [5.41, 5.74) is 11.2. The average Bonchev–Trinajstić information content (AvgIpc) is 2.95. The number of carbonyl (C=O) groups is 1. The standard InChI is InChI=1S/C10H15FN6O3/c11-9(19,20)4-1-2-5(3-4)10(12)13-7-6(8(18)14-10)15-17-16-7/h4-5,19-20H,1-3,12H2,(H,14,18)(H2,13,15,16,17)/t4-,5+,10?/m0/s1. The second-order valence-corrected chi connectivity index (χ2v) is 5.28. The van der Waals surface area contributed by atoms with Crippen LogP contribution in [0.15, 0.2) is 10.1 Å². The lowest BCUT2D eigenvalue weighted by Gasteiger charge is -2.35. The molecule has 0 aromatic carbocycles. The summed E-state index contributed by atoms with van der Waals surface area (Å²) in [5, 5.41) is 24.2. The Balaban J connectivity index is 1.82. The van der Waals surface area contributed by atoms with E-state index in [0.717, 1.165) is 0 Å². The normalized spacial score (nSPS) is 36.5. The van der Waals surface area contributed by atoms with Crippen LogP contribution in [-0.2, 0) is 4.79 Å². The van der Waals surface area contributed by atoms with Crippen molar-refractivity contribution >= 4 is 17.5 Å². The lowest BCUT2D eigenvalue weighted by Crippen LogP contribution is -2.65. The summed E-state index contributed by atoms with van der Waals surface area (Å²) in [7, 11) is 0. The molecule has 0 spiro atoms. The summed E-state index contributed by atoms with van der Waals surface area (Å²) in [6, 6.07) is -3.24. The van der Waals surface area contributed by atoms with E-state index >= 15 is 0 Å². The van der Waals surface area contributed by atoms with Crippen molar-refractivity contribution in [1.29, 1.82) is 0 Å². The fourth-order valence-electron chi connectivity index (χ4n) is 2.85. The van der Waals surface area contributed by atoms with Crippen molar-refractivity contribution in [2.75, 3.05) is 0 Å². The molecule has 1 unspecified atom stereocenters. The summed E-state index contributed by atoms with van der Waals surface area (Å²) >= 11 is 0. The zero-order chi connectivity index (χ0) is 14.5. The number of hydrogen-bond acceptors (Lipinski definition) is 8. The highest BCUT2D eigenvalue weighted by atomic mass is 19.2. The Morgan fingerprint density at radius 2 is 2.20 bits per heavy atom. The van der Waals surface area contributed by atoms with Gasteiger partial charge in [-0.25, -0.2) is 10.5 Å². The summed E-state index contributed by atoms with van der Waals surface area (Å²) in [4.78, 5) is 16.1. The van der Waals surface area contributed by atoms with E-state index in [9.17, 15) is 9.18 Å². The molecular formula is C10H15FN6O3. The molecule has 3 aliphatic rings. The Labute approximate surface area is 113 Å². The second-order valence-electron chi connectivity index (χ2n) is 5.28. The van der Waals surface area contributed by atoms with Gasteiger partial charge >= 0.3 is 6.04 Å². The molecule has 2 aliphatic heterocycles. The lowest BCUT2D eigenvalue weighted by molar-refractivity contribution is -0.291. The minimum Gasteiger partial charge on any atom is -0.340 e. The van der Waals surface area contributed by atoms with Crippen LogP contribution in [0.25, 0.3) is 0 Å². The van der Waals surface area contributed by atoms with Crippen LogP contribution in [0.3, 0.4) is 0 Å². The van der Waals surface area contributed by atoms with Gasteiger partial charge in [-0.15, -0.1) is 0 Å². The minimum atomic E-state index is -3.24. The topological polar surface area (TPSA) is 144 Å². The number of aliphatic hydroxyl groups is 2. The van der Waals surface area contributed by atoms with Gasteiger partial charge in [-0.3, -0.25) is 16.0 Å². The van der Waals surface area contributed by atoms with E-state index in [1.807, 2.05) is 0 Å². The molecule has 10 heteroatoms. The van der Waals surface area contributed by atoms with Crippen molar-refractivity contribution in [3.8, 4) is 0 Å². The number of amides is 1. The summed E-state index contributed by atoms with van der Waals surface area (Å²) < 4.78 is 13.2. The Bertz CT molecular complexity index is 516. The highest BCUT2D eigenvalue weighted by Gasteiger charge is 2.50. The third kappa shape index (κ3) is 2.01. The fourth-order valence-corrected chi connectivity index (χ4v) is 2.85. The first-order valence-corrected chi connectivity index (χ1v) is 6.23. The van der Waals surface area contributed by atoms with Crippen LogP contribution in [0.2, 0.25) is 0 Å². The number of halogens is 1. The average molecular weight is 286 g/mol. The molecule has 1 fully saturated rings. The Kier molecular flexibility index (Phi) is 2.71. The number of amidine groups is 1. The van der Waals surface area contributed by atoms with E-state index in [-0.39, 0.29) is 24.4 Å². The SMILES string of the molecule is NC1([C@@H]2CC[C@H](C(O)(O)F)C2)N=C2NNN=C2C(=O)N1. The molecule has 0 aromatic heterocycles. The maximum Gasteiger partial charge on any atom is 0.318 e. The summed E-state index contributed by atoms with van der Waals surface area (Å²) in [5.74, 6) is -3.03. The molecular weight excluding hydrogens is 271 g/mol. The molecule has 0 saturated heterocycles. The van der Waals surface area contributed by atoms with Crippen LogP contribution in [0.4, 0.5) is 4.39 Å². The summed E-state index contributed by atoms with van der Waals surface area (Å²) in [6.45, 7) is 0. The number of alkyl halides is 1. The van der Waals surface area contributed by atoms with E-state index < -0.39 is 29.6 Å². The van der Waals surface area contributed by atoms with Crippen LogP contribution in [0.5, 0.6) is 0 Å². The first-order chi connectivity index (χ1) is 9.29. The zero-order valence-electron chi connectivity index (χ0n) is 10.4. The van der Waals surface area contributed by atoms with Crippen molar-refractivity contribution in [3.05, 3.63) is 0 Å². The van der Waals surface area contributed by atoms with Crippen molar-refractivity contribution in [2.45, 2.75) is 31.1 Å². The van der Waals surface area contributed by atoms with Gasteiger partial charge in [-0.2, -0.15) is 9.49 Å². The Morgan fingerprint density at radius 3 is 2.85 bits per heavy atom. The number of hydrazine groups is 1. The second kappa shape index (κ2) is 4.11. The van der Waals surface area contributed by atoms with Crippen LogP contribution < -0.4 is 22.0 Å². The van der Waals surface area contributed by atoms with Crippen LogP contribution in [0, 0.1) is 11.8 Å². The number of fused-ring (bicyclic) bond motifs is 1. The van der Waals surface area contributed by atoms with Gasteiger partial charge in [0.05, 0.1) is 0 Å². The lowest BCUT2D eigenvalue weighted by atomic mass is 9.95. The fraction of sp³-hybridized carbons (Fsp3) is 0.700. The third-order valence-electron chi connectivity index (χ3n) is 3.97. The highest BCUT2D eigenvalue weighted by molar-refractivity contribution is 6.67. The van der Waals surface area contributed by atoms with Gasteiger partial charge in [0.15, 0.2) is 17.3 Å². The van der Waals surface area contributed by atoms with Crippen LogP contribution >= 0.6 is 0 Å². The molecule has 20 heavy (non-hydrogen) atoms. The number of nitrogens with zero attached hydrogens (tertiary/aromatic N) is 2. The molecule has 1 saturated carbocycles. The number of aliphatic imine (C=N–C) groups is 1. The monoisotopic (exact) mass is 286 g/mol. The van der Waals surface area contributed by atoms with E-state index in [2.05, 4.69) is 26.4 Å². The van der Waals surface area contributed by atoms with Gasteiger partial charge in [0, 0.05) is 11.8 Å². The Morgan fingerprint density at radius 1 is 1.45 bits per heavy atom. The molecule has 3 rings (SSSR count). The van der Waals surface area contributed by atoms with Crippen LogP contribution in [0.1, 0.15) is 19.3 Å². The van der Waals surface area contributed by atoms with Crippen molar-refractivity contribution < 1.29 is 19.4 Å². The van der Waals surface area contributed by atoms with Gasteiger partial charge in [-0.05, 0) is 19.3 Å². The molecule has 7 N–H and O–H groups in total. The van der Waals surface area contributed by atoms with E-state index in [0.29, 0.717) is 6.42 Å². The van der Waals surface area contributed by atoms with Crippen molar-refractivity contribution in [1.82, 2.24) is 16.3 Å². The van der Waals surface area contributed by atoms with Gasteiger partial charge in [0.1, 0.15) is 0 Å². The molecule has 9 nitrogen and oxygen atoms in total. The van der Waals surface area contributed by atoms with E-state index in [4.69, 9.17) is 15.9 Å². The number of hydrazone groups is 1. The Hall–Kier alpha value is -1.78. The zero-order valence-corrected chi connectivity index (χ0v) is 10.4.